The van der Waals surface area contributed by atoms with Gasteiger partial charge in [0.05, 0.1) is 42.0 Å². The van der Waals surface area contributed by atoms with E-state index < -0.39 is 17.9 Å². The highest BCUT2D eigenvalue weighted by Gasteiger charge is 2.31. The van der Waals surface area contributed by atoms with Gasteiger partial charge in [0.1, 0.15) is 25.0 Å². The molecule has 2 rings (SSSR count). The second kappa shape index (κ2) is 17.2. The van der Waals surface area contributed by atoms with Crippen molar-refractivity contribution in [1.29, 1.82) is 10.5 Å². The van der Waals surface area contributed by atoms with E-state index in [2.05, 4.69) is 47.8 Å². The molecule has 1 aliphatic carbocycles. The number of ether oxygens (including phenoxy) is 2. The van der Waals surface area contributed by atoms with Crippen LogP contribution in [-0.4, -0.2) is 44.1 Å². The highest BCUT2D eigenvalue weighted by Crippen LogP contribution is 2.39. The second-order valence-electron chi connectivity index (χ2n) is 10.5. The number of hydrogen-bond donors (Lipinski definition) is 1. The molecule has 1 amide bonds. The van der Waals surface area contributed by atoms with Crippen LogP contribution in [-0.2, 0) is 23.9 Å². The zero-order valence-electron chi connectivity index (χ0n) is 26.1. The highest BCUT2D eigenvalue weighted by molar-refractivity contribution is 5.93. The summed E-state index contributed by atoms with van der Waals surface area (Å²) in [7, 11) is 0. The number of nitrogens with zero attached hydrogens (tertiary/aromatic N) is 5. The number of nitriles is 2. The first kappa shape index (κ1) is 35.2. The van der Waals surface area contributed by atoms with E-state index in [0.717, 1.165) is 24.8 Å². The van der Waals surface area contributed by atoms with E-state index >= 15 is 0 Å². The molecule has 0 aromatic heterocycles. The van der Waals surface area contributed by atoms with Crippen molar-refractivity contribution in [3.8, 4) is 12.1 Å². The number of carbonyl (C=O) groups is 3. The molecule has 1 aromatic carbocycles. The van der Waals surface area contributed by atoms with Crippen molar-refractivity contribution in [3.63, 3.8) is 0 Å². The number of benzene rings is 1. The summed E-state index contributed by atoms with van der Waals surface area (Å²) in [6.07, 6.45) is 4.56. The summed E-state index contributed by atoms with van der Waals surface area (Å²) in [6, 6.07) is 9.49. The fourth-order valence-corrected chi connectivity index (χ4v) is 4.39. The zero-order chi connectivity index (χ0) is 32.8. The summed E-state index contributed by atoms with van der Waals surface area (Å²) in [5, 5.41) is 31.3. The number of rotatable bonds is 15. The Bertz CT molecular complexity index is 1430. The minimum absolute atomic E-state index is 0.0314. The zero-order valence-corrected chi connectivity index (χ0v) is 26.1. The Hall–Kier alpha value is -5.03. The SMILES string of the molecule is C=C(C)C(=O)OCCN(CCOC(=O)C(=C)C)c1ccc(N=NC2=C(C#N)C=C(CCCC)C(C)C2C#N)c(NC(C)=O)c1. The van der Waals surface area contributed by atoms with Crippen LogP contribution in [0, 0.1) is 34.5 Å². The van der Waals surface area contributed by atoms with E-state index in [4.69, 9.17) is 9.47 Å². The van der Waals surface area contributed by atoms with Crippen molar-refractivity contribution >= 4 is 34.9 Å². The van der Waals surface area contributed by atoms with Gasteiger partial charge in [0.25, 0.3) is 0 Å². The molecule has 0 aliphatic heterocycles. The number of amides is 1. The lowest BCUT2D eigenvalue weighted by Crippen LogP contribution is -2.32. The van der Waals surface area contributed by atoms with Crippen LogP contribution >= 0.6 is 0 Å². The predicted molar refractivity (Wildman–Crippen MR) is 168 cm³/mol. The quantitative estimate of drug-likeness (QED) is 0.137. The van der Waals surface area contributed by atoms with Crippen molar-refractivity contribution in [2.75, 3.05) is 36.5 Å². The number of allylic oxidation sites excluding steroid dienone is 4. The molecule has 0 saturated heterocycles. The van der Waals surface area contributed by atoms with Gasteiger partial charge in [0.2, 0.25) is 5.91 Å². The van der Waals surface area contributed by atoms with E-state index in [0.29, 0.717) is 22.6 Å². The summed E-state index contributed by atoms with van der Waals surface area (Å²) >= 11 is 0. The first-order valence-electron chi connectivity index (χ1n) is 14.4. The molecule has 1 aliphatic rings. The summed E-state index contributed by atoms with van der Waals surface area (Å²) in [4.78, 5) is 37.7. The van der Waals surface area contributed by atoms with Crippen molar-refractivity contribution in [3.05, 3.63) is 65.4 Å². The third kappa shape index (κ3) is 10.1. The third-order valence-electron chi connectivity index (χ3n) is 6.87. The van der Waals surface area contributed by atoms with Gasteiger partial charge < -0.3 is 19.7 Å². The summed E-state index contributed by atoms with van der Waals surface area (Å²) in [5.74, 6) is -2.18. The topological polar surface area (TPSA) is 157 Å². The molecule has 11 heteroatoms. The Morgan fingerprint density at radius 1 is 1.02 bits per heavy atom. The van der Waals surface area contributed by atoms with Crippen molar-refractivity contribution < 1.29 is 23.9 Å². The number of anilines is 2. The molecule has 232 valence electrons. The van der Waals surface area contributed by atoms with Gasteiger partial charge in [0, 0.05) is 23.8 Å². The Morgan fingerprint density at radius 2 is 1.64 bits per heavy atom. The van der Waals surface area contributed by atoms with Crippen LogP contribution in [0.1, 0.15) is 53.9 Å². The van der Waals surface area contributed by atoms with Gasteiger partial charge in [-0.1, -0.05) is 39.0 Å². The third-order valence-corrected chi connectivity index (χ3v) is 6.87. The molecule has 0 saturated carbocycles. The van der Waals surface area contributed by atoms with Crippen LogP contribution < -0.4 is 10.2 Å². The molecule has 0 bridgehead atoms. The highest BCUT2D eigenvalue weighted by atomic mass is 16.5. The van der Waals surface area contributed by atoms with Crippen LogP contribution in [0.25, 0.3) is 0 Å². The van der Waals surface area contributed by atoms with E-state index in [1.54, 1.807) is 38.1 Å². The summed E-state index contributed by atoms with van der Waals surface area (Å²) < 4.78 is 10.5. The fraction of sp³-hybridized carbons (Fsp3) is 0.424. The molecule has 0 radical (unpaired) electrons. The van der Waals surface area contributed by atoms with E-state index in [-0.39, 0.29) is 55.0 Å². The monoisotopic (exact) mass is 600 g/mol. The maximum absolute atomic E-state index is 12.1. The average Bonchev–Trinajstić information content (AvgIpc) is 2.98. The predicted octanol–water partition coefficient (Wildman–Crippen LogP) is 6.46. The molecule has 0 fully saturated rings. The lowest BCUT2D eigenvalue weighted by atomic mass is 9.78. The second-order valence-corrected chi connectivity index (χ2v) is 10.5. The lowest BCUT2D eigenvalue weighted by molar-refractivity contribution is -0.139. The standard InChI is InChI=1S/C33H40N6O5/c1-8-9-10-25-17-26(19-34)31(28(20-35)23(25)6)38-37-29-12-11-27(18-30(29)36-24(7)40)39(13-15-43-32(41)21(2)3)14-16-44-33(42)22(4)5/h11-12,17-18,23,28H,2,4,8-10,13-16H2,1,3,5-7H3,(H,36,40). The Kier molecular flexibility index (Phi) is 13.7. The first-order chi connectivity index (χ1) is 20.9. The fourth-order valence-electron chi connectivity index (χ4n) is 4.39. The van der Waals surface area contributed by atoms with Gasteiger partial charge in [-0.15, -0.1) is 5.11 Å². The first-order valence-corrected chi connectivity index (χ1v) is 14.4. The van der Waals surface area contributed by atoms with Crippen molar-refractivity contribution in [2.45, 2.75) is 53.9 Å². The Balaban J connectivity index is 2.46. The van der Waals surface area contributed by atoms with Gasteiger partial charge in [-0.3, -0.25) is 4.79 Å². The molecule has 11 nitrogen and oxygen atoms in total. The normalized spacial score (nSPS) is 15.9. The maximum Gasteiger partial charge on any atom is 0.333 e. The van der Waals surface area contributed by atoms with E-state index in [1.807, 2.05) is 11.8 Å². The van der Waals surface area contributed by atoms with Crippen LogP contribution in [0.15, 0.2) is 75.7 Å². The molecule has 2 unspecified atom stereocenters. The lowest BCUT2D eigenvalue weighted by Gasteiger charge is -2.26. The Morgan fingerprint density at radius 3 is 2.14 bits per heavy atom. The number of azo groups is 1. The molecular formula is C33H40N6O5. The van der Waals surface area contributed by atoms with Crippen molar-refractivity contribution in [1.82, 2.24) is 0 Å². The number of hydrogen-bond acceptors (Lipinski definition) is 10. The minimum Gasteiger partial charge on any atom is -0.460 e. The van der Waals surface area contributed by atoms with Gasteiger partial charge in [-0.05, 0) is 56.9 Å². The molecule has 1 aromatic rings. The largest absolute Gasteiger partial charge is 0.460 e. The maximum atomic E-state index is 12.1. The van der Waals surface area contributed by atoms with Crippen LogP contribution in [0.2, 0.25) is 0 Å². The Labute approximate surface area is 259 Å². The molecule has 2 atom stereocenters. The molecular weight excluding hydrogens is 560 g/mol. The summed E-state index contributed by atoms with van der Waals surface area (Å²) in [5.41, 5.74) is 3.40. The van der Waals surface area contributed by atoms with Crippen molar-refractivity contribution in [2.24, 2.45) is 22.1 Å². The summed E-state index contributed by atoms with van der Waals surface area (Å²) in [6.45, 7) is 16.2. The average molecular weight is 601 g/mol. The van der Waals surface area contributed by atoms with E-state index in [9.17, 15) is 24.9 Å². The molecule has 44 heavy (non-hydrogen) atoms. The molecule has 0 heterocycles. The van der Waals surface area contributed by atoms with E-state index in [1.165, 1.54) is 6.92 Å². The smallest absolute Gasteiger partial charge is 0.333 e. The van der Waals surface area contributed by atoms with Gasteiger partial charge in [-0.25, -0.2) is 9.59 Å². The van der Waals surface area contributed by atoms with Crippen LogP contribution in [0.4, 0.5) is 17.1 Å². The molecule has 1 N–H and O–H groups in total. The van der Waals surface area contributed by atoms with Crippen LogP contribution in [0.3, 0.4) is 0 Å². The minimum atomic E-state index is -0.645. The molecule has 0 spiro atoms. The number of carbonyl (C=O) groups excluding carboxylic acids is 3. The van der Waals surface area contributed by atoms with Crippen LogP contribution in [0.5, 0.6) is 0 Å². The van der Waals surface area contributed by atoms with Gasteiger partial charge in [0.15, 0.2) is 0 Å². The number of nitrogens with one attached hydrogen (secondary N) is 1. The number of unbranched alkanes of at least 4 members (excludes halogenated alkanes) is 1. The van der Waals surface area contributed by atoms with Gasteiger partial charge in [-0.2, -0.15) is 15.6 Å². The number of esters is 2. The van der Waals surface area contributed by atoms with Gasteiger partial charge >= 0.3 is 11.9 Å².